The van der Waals surface area contributed by atoms with E-state index >= 15 is 0 Å². The maximum Gasteiger partial charge on any atom is 0.254 e. The lowest BCUT2D eigenvalue weighted by molar-refractivity contribution is 0.0634. The van der Waals surface area contributed by atoms with Crippen molar-refractivity contribution in [2.75, 3.05) is 26.4 Å². The van der Waals surface area contributed by atoms with Gasteiger partial charge in [-0.05, 0) is 23.8 Å². The average Bonchev–Trinajstić information content (AvgIpc) is 3.09. The van der Waals surface area contributed by atoms with Gasteiger partial charge in [-0.25, -0.2) is 0 Å². The van der Waals surface area contributed by atoms with Crippen molar-refractivity contribution in [2.45, 2.75) is 6.04 Å². The van der Waals surface area contributed by atoms with Gasteiger partial charge >= 0.3 is 0 Å². The molecule has 0 unspecified atom stereocenters. The monoisotopic (exact) mass is 310 g/mol. The van der Waals surface area contributed by atoms with Crippen LogP contribution in [0, 0.1) is 0 Å². The highest BCUT2D eigenvalue weighted by molar-refractivity contribution is 5.95. The number of carbonyl (C=O) groups excluding carboxylic acids is 1. The van der Waals surface area contributed by atoms with E-state index in [9.17, 15) is 4.79 Å². The summed E-state index contributed by atoms with van der Waals surface area (Å²) in [7, 11) is 0. The third-order valence-corrected chi connectivity index (χ3v) is 4.31. The molecule has 1 N–H and O–H groups in total. The molecule has 118 valence electrons. The molecule has 1 amide bonds. The summed E-state index contributed by atoms with van der Waals surface area (Å²) >= 11 is 0. The summed E-state index contributed by atoms with van der Waals surface area (Å²) in [5.74, 6) is 1.36. The standard InChI is InChI=1S/C18H18N2O3/c21-18(14-6-7-16-17(10-14)23-12-22-16)20-9-8-19-11-15(20)13-4-2-1-3-5-13/h1-7,10,15,19H,8-9,11-12H2/t15-/m1/s1. The highest BCUT2D eigenvalue weighted by atomic mass is 16.7. The lowest BCUT2D eigenvalue weighted by Gasteiger charge is -2.36. The Morgan fingerprint density at radius 2 is 1.91 bits per heavy atom. The number of nitrogens with zero attached hydrogens (tertiary/aromatic N) is 1. The van der Waals surface area contributed by atoms with Crippen molar-refractivity contribution in [3.05, 3.63) is 59.7 Å². The Morgan fingerprint density at radius 1 is 1.09 bits per heavy atom. The van der Waals surface area contributed by atoms with Crippen LogP contribution in [-0.2, 0) is 0 Å². The summed E-state index contributed by atoms with van der Waals surface area (Å²) in [6, 6.07) is 15.6. The number of hydrogen-bond donors (Lipinski definition) is 1. The Balaban J connectivity index is 1.63. The van der Waals surface area contributed by atoms with Gasteiger partial charge in [0.15, 0.2) is 11.5 Å². The van der Waals surface area contributed by atoms with Gasteiger partial charge in [0.2, 0.25) is 6.79 Å². The number of hydrogen-bond acceptors (Lipinski definition) is 4. The van der Waals surface area contributed by atoms with Crippen LogP contribution >= 0.6 is 0 Å². The van der Waals surface area contributed by atoms with Crippen LogP contribution in [0.1, 0.15) is 22.0 Å². The molecule has 5 heteroatoms. The summed E-state index contributed by atoms with van der Waals surface area (Å²) < 4.78 is 10.7. The minimum absolute atomic E-state index is 0.0265. The Hall–Kier alpha value is -2.53. The molecule has 0 bridgehead atoms. The molecule has 2 heterocycles. The van der Waals surface area contributed by atoms with Gasteiger partial charge in [-0.1, -0.05) is 30.3 Å². The van der Waals surface area contributed by atoms with Gasteiger partial charge in [0, 0.05) is 25.2 Å². The van der Waals surface area contributed by atoms with E-state index in [1.54, 1.807) is 18.2 Å². The third kappa shape index (κ3) is 2.64. The van der Waals surface area contributed by atoms with Crippen LogP contribution < -0.4 is 14.8 Å². The number of rotatable bonds is 2. The minimum atomic E-state index is 0.0265. The van der Waals surface area contributed by atoms with E-state index in [1.807, 2.05) is 23.1 Å². The molecular formula is C18H18N2O3. The molecule has 0 spiro atoms. The Bertz CT molecular complexity index is 717. The first kappa shape index (κ1) is 14.1. The van der Waals surface area contributed by atoms with Gasteiger partial charge in [-0.2, -0.15) is 0 Å². The third-order valence-electron chi connectivity index (χ3n) is 4.31. The normalized spacial score (nSPS) is 19.7. The van der Waals surface area contributed by atoms with E-state index in [-0.39, 0.29) is 18.7 Å². The first-order valence-electron chi connectivity index (χ1n) is 7.79. The molecule has 2 aliphatic rings. The summed E-state index contributed by atoms with van der Waals surface area (Å²) in [6.07, 6.45) is 0. The second-order valence-corrected chi connectivity index (χ2v) is 5.70. The first-order chi connectivity index (χ1) is 11.3. The predicted molar refractivity (Wildman–Crippen MR) is 85.7 cm³/mol. The molecule has 1 atom stereocenters. The van der Waals surface area contributed by atoms with Gasteiger partial charge in [-0.3, -0.25) is 4.79 Å². The molecule has 1 saturated heterocycles. The number of carbonyl (C=O) groups is 1. The number of benzene rings is 2. The van der Waals surface area contributed by atoms with Crippen molar-refractivity contribution in [3.8, 4) is 11.5 Å². The van der Waals surface area contributed by atoms with E-state index in [0.717, 1.165) is 18.7 Å². The largest absolute Gasteiger partial charge is 0.454 e. The topological polar surface area (TPSA) is 50.8 Å². The highest BCUT2D eigenvalue weighted by Crippen LogP contribution is 2.33. The smallest absolute Gasteiger partial charge is 0.254 e. The highest BCUT2D eigenvalue weighted by Gasteiger charge is 2.29. The van der Waals surface area contributed by atoms with E-state index in [4.69, 9.17) is 9.47 Å². The second kappa shape index (κ2) is 5.93. The summed E-state index contributed by atoms with van der Waals surface area (Å²) in [5.41, 5.74) is 1.78. The van der Waals surface area contributed by atoms with Crippen LogP contribution in [0.2, 0.25) is 0 Å². The fourth-order valence-electron chi connectivity index (χ4n) is 3.12. The molecule has 0 radical (unpaired) electrons. The van der Waals surface area contributed by atoms with Gasteiger partial charge < -0.3 is 19.7 Å². The zero-order chi connectivity index (χ0) is 15.6. The van der Waals surface area contributed by atoms with Crippen LogP contribution in [-0.4, -0.2) is 37.2 Å². The summed E-state index contributed by atoms with van der Waals surface area (Å²) in [5, 5.41) is 3.37. The zero-order valence-corrected chi connectivity index (χ0v) is 12.7. The van der Waals surface area contributed by atoms with Gasteiger partial charge in [-0.15, -0.1) is 0 Å². The van der Waals surface area contributed by atoms with Crippen molar-refractivity contribution in [3.63, 3.8) is 0 Å². The molecule has 4 rings (SSSR count). The van der Waals surface area contributed by atoms with Gasteiger partial charge in [0.1, 0.15) is 0 Å². The number of amides is 1. The predicted octanol–water partition coefficient (Wildman–Crippen LogP) is 2.20. The Labute approximate surface area is 134 Å². The lowest BCUT2D eigenvalue weighted by Crippen LogP contribution is -2.48. The van der Waals surface area contributed by atoms with Crippen LogP contribution in [0.15, 0.2) is 48.5 Å². The number of piperazine rings is 1. The van der Waals surface area contributed by atoms with Crippen LogP contribution in [0.4, 0.5) is 0 Å². The van der Waals surface area contributed by atoms with Crippen LogP contribution in [0.5, 0.6) is 11.5 Å². The second-order valence-electron chi connectivity index (χ2n) is 5.70. The van der Waals surface area contributed by atoms with Crippen molar-refractivity contribution in [1.29, 1.82) is 0 Å². The minimum Gasteiger partial charge on any atom is -0.454 e. The quantitative estimate of drug-likeness (QED) is 0.924. The van der Waals surface area contributed by atoms with Crippen molar-refractivity contribution < 1.29 is 14.3 Å². The zero-order valence-electron chi connectivity index (χ0n) is 12.7. The maximum atomic E-state index is 13.0. The summed E-state index contributed by atoms with van der Waals surface area (Å²) in [6.45, 7) is 2.47. The van der Waals surface area contributed by atoms with Gasteiger partial charge in [0.05, 0.1) is 6.04 Å². The number of ether oxygens (including phenoxy) is 2. The SMILES string of the molecule is O=C(c1ccc2c(c1)OCO2)N1CCNC[C@@H]1c1ccccc1. The fourth-order valence-corrected chi connectivity index (χ4v) is 3.12. The lowest BCUT2D eigenvalue weighted by atomic mass is 10.0. The fraction of sp³-hybridized carbons (Fsp3) is 0.278. The Morgan fingerprint density at radius 3 is 2.78 bits per heavy atom. The molecular weight excluding hydrogens is 292 g/mol. The Kier molecular flexibility index (Phi) is 3.63. The molecule has 0 saturated carbocycles. The van der Waals surface area contributed by atoms with E-state index < -0.39 is 0 Å². The van der Waals surface area contributed by atoms with E-state index in [1.165, 1.54) is 0 Å². The number of fused-ring (bicyclic) bond motifs is 1. The van der Waals surface area contributed by atoms with Crippen LogP contribution in [0.3, 0.4) is 0 Å². The molecule has 1 fully saturated rings. The molecule has 23 heavy (non-hydrogen) atoms. The molecule has 0 aromatic heterocycles. The molecule has 5 nitrogen and oxygen atoms in total. The van der Waals surface area contributed by atoms with Crippen LogP contribution in [0.25, 0.3) is 0 Å². The van der Waals surface area contributed by atoms with E-state index in [0.29, 0.717) is 23.6 Å². The van der Waals surface area contributed by atoms with Crippen molar-refractivity contribution in [2.24, 2.45) is 0 Å². The molecule has 2 aliphatic heterocycles. The summed E-state index contributed by atoms with van der Waals surface area (Å²) in [4.78, 5) is 14.9. The van der Waals surface area contributed by atoms with Gasteiger partial charge in [0.25, 0.3) is 5.91 Å². The average molecular weight is 310 g/mol. The number of nitrogens with one attached hydrogen (secondary N) is 1. The molecule has 2 aromatic carbocycles. The van der Waals surface area contributed by atoms with E-state index in [2.05, 4.69) is 17.4 Å². The first-order valence-corrected chi connectivity index (χ1v) is 7.79. The van der Waals surface area contributed by atoms with Crippen molar-refractivity contribution >= 4 is 5.91 Å². The maximum absolute atomic E-state index is 13.0. The molecule has 2 aromatic rings. The molecule has 0 aliphatic carbocycles. The van der Waals surface area contributed by atoms with Crippen molar-refractivity contribution in [1.82, 2.24) is 10.2 Å².